The van der Waals surface area contributed by atoms with Crippen LogP contribution in [-0.4, -0.2) is 39.7 Å². The summed E-state index contributed by atoms with van der Waals surface area (Å²) in [6, 6.07) is 0. The van der Waals surface area contributed by atoms with E-state index in [9.17, 15) is 18.0 Å². The Kier molecular flexibility index (Phi) is 4.72. The van der Waals surface area contributed by atoms with E-state index in [4.69, 9.17) is 5.11 Å². The molecule has 0 bridgehead atoms. The predicted octanol–water partition coefficient (Wildman–Crippen LogP) is 3.82. The van der Waals surface area contributed by atoms with Crippen LogP contribution in [0.3, 0.4) is 0 Å². The highest BCUT2D eigenvalue weighted by molar-refractivity contribution is 7.09. The highest BCUT2D eigenvalue weighted by Gasteiger charge is 2.61. The molecule has 2 heterocycles. The van der Waals surface area contributed by atoms with E-state index in [-0.39, 0.29) is 13.1 Å². The maximum absolute atomic E-state index is 13.2. The number of carboxylic acids is 1. The molecule has 0 unspecified atom stereocenters. The summed E-state index contributed by atoms with van der Waals surface area (Å²) < 4.78 is 44.0. The van der Waals surface area contributed by atoms with Crippen LogP contribution < -0.4 is 4.90 Å². The summed E-state index contributed by atoms with van der Waals surface area (Å²) in [6.45, 7) is 0.0657. The van der Waals surface area contributed by atoms with Crippen LogP contribution in [0.4, 0.5) is 18.3 Å². The molecule has 0 atom stereocenters. The van der Waals surface area contributed by atoms with Gasteiger partial charge in [0, 0.05) is 30.5 Å². The van der Waals surface area contributed by atoms with E-state index in [0.29, 0.717) is 11.0 Å². The zero-order valence-electron chi connectivity index (χ0n) is 13.2. The van der Waals surface area contributed by atoms with Crippen molar-refractivity contribution in [1.29, 1.82) is 0 Å². The Balaban J connectivity index is 1.68. The third-order valence-corrected chi connectivity index (χ3v) is 6.03. The molecule has 134 valence electrons. The Morgan fingerprint density at radius 1 is 1.21 bits per heavy atom. The van der Waals surface area contributed by atoms with Crippen molar-refractivity contribution < 1.29 is 23.1 Å². The van der Waals surface area contributed by atoms with Gasteiger partial charge in [0.2, 0.25) is 5.13 Å². The third kappa shape index (κ3) is 3.10. The number of halogens is 3. The summed E-state index contributed by atoms with van der Waals surface area (Å²) in [4.78, 5) is 17.5. The van der Waals surface area contributed by atoms with Crippen molar-refractivity contribution >= 4 is 22.6 Å². The number of nitrogens with zero attached hydrogens (tertiary/aromatic N) is 3. The first kappa shape index (κ1) is 17.4. The van der Waals surface area contributed by atoms with Gasteiger partial charge in [0.15, 0.2) is 5.41 Å². The molecule has 0 radical (unpaired) electrons. The van der Waals surface area contributed by atoms with Gasteiger partial charge in [-0.25, -0.2) is 4.98 Å². The average Bonchev–Trinajstić information content (AvgIpc) is 3.04. The van der Waals surface area contributed by atoms with Gasteiger partial charge in [-0.05, 0) is 25.7 Å². The minimum absolute atomic E-state index is 0.0328. The lowest BCUT2D eigenvalue weighted by Gasteiger charge is -2.39. The second-order valence-electron chi connectivity index (χ2n) is 6.64. The van der Waals surface area contributed by atoms with Gasteiger partial charge in [0.05, 0.1) is 0 Å². The summed E-state index contributed by atoms with van der Waals surface area (Å²) in [5, 5.41) is 9.70. The van der Waals surface area contributed by atoms with E-state index in [2.05, 4.69) is 9.36 Å². The van der Waals surface area contributed by atoms with Crippen LogP contribution in [-0.2, 0) is 4.79 Å². The first-order valence-corrected chi connectivity index (χ1v) is 8.99. The minimum atomic E-state index is -4.74. The smallest absolute Gasteiger partial charge is 0.405 e. The molecular formula is C15H20F3N3O2S. The maximum atomic E-state index is 13.2. The Morgan fingerprint density at radius 2 is 1.83 bits per heavy atom. The molecule has 1 N–H and O–H groups in total. The SMILES string of the molecule is O=C(O)C1(C(F)(F)F)CCN(c2nc(C3CCCCC3)ns2)CC1. The molecule has 2 fully saturated rings. The Bertz CT molecular complexity index is 591. The number of hydrogen-bond donors (Lipinski definition) is 1. The van der Waals surface area contributed by atoms with Gasteiger partial charge in [0.25, 0.3) is 0 Å². The van der Waals surface area contributed by atoms with Crippen LogP contribution in [0.1, 0.15) is 56.7 Å². The molecule has 1 aliphatic carbocycles. The summed E-state index contributed by atoms with van der Waals surface area (Å²) in [7, 11) is 0. The van der Waals surface area contributed by atoms with Crippen molar-refractivity contribution in [2.75, 3.05) is 18.0 Å². The molecular weight excluding hydrogens is 343 g/mol. The molecule has 0 aromatic carbocycles. The molecule has 0 amide bonds. The highest BCUT2D eigenvalue weighted by atomic mass is 32.1. The molecule has 1 saturated heterocycles. The van der Waals surface area contributed by atoms with E-state index in [1.807, 2.05) is 0 Å². The zero-order valence-corrected chi connectivity index (χ0v) is 14.0. The summed E-state index contributed by atoms with van der Waals surface area (Å²) >= 11 is 1.20. The lowest BCUT2D eigenvalue weighted by atomic mass is 9.78. The molecule has 0 spiro atoms. The van der Waals surface area contributed by atoms with E-state index in [0.717, 1.165) is 31.5 Å². The molecule has 5 nitrogen and oxygen atoms in total. The molecule has 1 aliphatic heterocycles. The number of rotatable bonds is 3. The molecule has 9 heteroatoms. The number of piperidine rings is 1. The quantitative estimate of drug-likeness (QED) is 0.884. The maximum Gasteiger partial charge on any atom is 0.405 e. The summed E-state index contributed by atoms with van der Waals surface area (Å²) in [5.74, 6) is -0.641. The Hall–Kier alpha value is -1.38. The van der Waals surface area contributed by atoms with Crippen molar-refractivity contribution in [1.82, 2.24) is 9.36 Å². The normalized spacial score (nSPS) is 22.5. The Morgan fingerprint density at radius 3 is 2.38 bits per heavy atom. The molecule has 2 aliphatic rings. The van der Waals surface area contributed by atoms with E-state index in [1.54, 1.807) is 4.90 Å². The van der Waals surface area contributed by atoms with Crippen molar-refractivity contribution in [2.45, 2.75) is 57.0 Å². The monoisotopic (exact) mass is 363 g/mol. The molecule has 1 aromatic heterocycles. The first-order valence-electron chi connectivity index (χ1n) is 8.22. The van der Waals surface area contributed by atoms with Gasteiger partial charge in [-0.3, -0.25) is 4.79 Å². The zero-order chi connectivity index (χ0) is 17.4. The van der Waals surface area contributed by atoms with Crippen LogP contribution in [0, 0.1) is 5.41 Å². The fourth-order valence-electron chi connectivity index (χ4n) is 3.58. The topological polar surface area (TPSA) is 66.3 Å². The largest absolute Gasteiger partial charge is 0.481 e. The van der Waals surface area contributed by atoms with Crippen molar-refractivity contribution in [3.8, 4) is 0 Å². The number of alkyl halides is 3. The van der Waals surface area contributed by atoms with Gasteiger partial charge in [-0.15, -0.1) is 0 Å². The molecule has 3 rings (SSSR count). The number of aliphatic carboxylic acids is 1. The van der Waals surface area contributed by atoms with Gasteiger partial charge >= 0.3 is 12.1 Å². The van der Waals surface area contributed by atoms with Crippen LogP contribution in [0.15, 0.2) is 0 Å². The number of carboxylic acid groups (broad SMARTS) is 1. The molecule has 24 heavy (non-hydrogen) atoms. The van der Waals surface area contributed by atoms with Crippen molar-refractivity contribution in [3.05, 3.63) is 5.82 Å². The van der Waals surface area contributed by atoms with Crippen LogP contribution >= 0.6 is 11.5 Å². The highest BCUT2D eigenvalue weighted by Crippen LogP contribution is 2.47. The number of anilines is 1. The number of aromatic nitrogens is 2. The van der Waals surface area contributed by atoms with Crippen molar-refractivity contribution in [3.63, 3.8) is 0 Å². The van der Waals surface area contributed by atoms with Gasteiger partial charge in [0.1, 0.15) is 5.82 Å². The summed E-state index contributed by atoms with van der Waals surface area (Å²) in [5.41, 5.74) is -2.64. The van der Waals surface area contributed by atoms with Gasteiger partial charge in [-0.1, -0.05) is 19.3 Å². The molecule has 1 saturated carbocycles. The van der Waals surface area contributed by atoms with Crippen LogP contribution in [0.5, 0.6) is 0 Å². The average molecular weight is 363 g/mol. The number of hydrogen-bond acceptors (Lipinski definition) is 5. The van der Waals surface area contributed by atoms with Gasteiger partial charge in [-0.2, -0.15) is 17.5 Å². The fourth-order valence-corrected chi connectivity index (χ4v) is 4.38. The van der Waals surface area contributed by atoms with E-state index < -0.39 is 30.4 Å². The minimum Gasteiger partial charge on any atom is -0.481 e. The van der Waals surface area contributed by atoms with Gasteiger partial charge < -0.3 is 10.0 Å². The first-order chi connectivity index (χ1) is 11.3. The van der Waals surface area contributed by atoms with Crippen LogP contribution in [0.2, 0.25) is 0 Å². The lowest BCUT2D eigenvalue weighted by molar-refractivity contribution is -0.236. The number of carbonyl (C=O) groups is 1. The standard InChI is InChI=1S/C15H20F3N3O2S/c16-15(17,18)14(12(22)23)6-8-21(9-7-14)13-19-11(20-24-13)10-4-2-1-3-5-10/h10H,1-9H2,(H,22,23). The third-order valence-electron chi connectivity index (χ3n) is 5.24. The van der Waals surface area contributed by atoms with Crippen LogP contribution in [0.25, 0.3) is 0 Å². The fraction of sp³-hybridized carbons (Fsp3) is 0.800. The molecule has 1 aromatic rings. The lowest BCUT2D eigenvalue weighted by Crippen LogP contribution is -2.52. The summed E-state index contributed by atoms with van der Waals surface area (Å²) in [6.07, 6.45) is 0.0337. The second-order valence-corrected chi connectivity index (χ2v) is 7.37. The van der Waals surface area contributed by atoms with Crippen molar-refractivity contribution in [2.24, 2.45) is 5.41 Å². The second kappa shape index (κ2) is 6.50. The Labute approximate surface area is 142 Å². The predicted molar refractivity (Wildman–Crippen MR) is 83.3 cm³/mol. The van der Waals surface area contributed by atoms with E-state index >= 15 is 0 Å². The van der Waals surface area contributed by atoms with E-state index in [1.165, 1.54) is 18.0 Å².